The highest BCUT2D eigenvalue weighted by Crippen LogP contribution is 2.24. The van der Waals surface area contributed by atoms with Crippen molar-refractivity contribution < 1.29 is 13.9 Å². The van der Waals surface area contributed by atoms with Gasteiger partial charge in [0.2, 0.25) is 5.88 Å². The summed E-state index contributed by atoms with van der Waals surface area (Å²) in [6.45, 7) is 4.17. The van der Waals surface area contributed by atoms with E-state index in [0.29, 0.717) is 43.3 Å². The van der Waals surface area contributed by atoms with Crippen LogP contribution in [0.5, 0.6) is 5.88 Å². The van der Waals surface area contributed by atoms with Gasteiger partial charge in [-0.15, -0.1) is 0 Å². The molecule has 126 valence electrons. The number of ether oxygens (including phenoxy) is 1. The summed E-state index contributed by atoms with van der Waals surface area (Å²) >= 11 is 0. The van der Waals surface area contributed by atoms with E-state index in [1.807, 2.05) is 4.90 Å². The van der Waals surface area contributed by atoms with Crippen molar-refractivity contribution in [1.29, 1.82) is 0 Å². The highest BCUT2D eigenvalue weighted by Gasteiger charge is 2.21. The van der Waals surface area contributed by atoms with Crippen molar-refractivity contribution in [3.05, 3.63) is 42.0 Å². The van der Waals surface area contributed by atoms with Crippen molar-refractivity contribution >= 4 is 17.3 Å². The van der Waals surface area contributed by atoms with E-state index in [4.69, 9.17) is 4.74 Å². The zero-order valence-corrected chi connectivity index (χ0v) is 13.7. The van der Waals surface area contributed by atoms with E-state index < -0.39 is 0 Å². The van der Waals surface area contributed by atoms with Gasteiger partial charge < -0.3 is 14.5 Å². The first kappa shape index (κ1) is 16.2. The van der Waals surface area contributed by atoms with Gasteiger partial charge in [0.15, 0.2) is 11.6 Å². The molecule has 24 heavy (non-hydrogen) atoms. The van der Waals surface area contributed by atoms with Crippen LogP contribution in [0.2, 0.25) is 0 Å². The fourth-order valence-corrected chi connectivity index (χ4v) is 2.75. The zero-order valence-electron chi connectivity index (χ0n) is 13.7. The molecule has 3 rings (SSSR count). The predicted octanol–water partition coefficient (Wildman–Crippen LogP) is 2.15. The number of rotatable bonds is 4. The zero-order chi connectivity index (χ0) is 17.1. The molecule has 0 bridgehead atoms. The molecule has 2 aromatic rings. The van der Waals surface area contributed by atoms with Crippen LogP contribution in [-0.4, -0.2) is 49.0 Å². The lowest BCUT2D eigenvalue weighted by Gasteiger charge is -2.36. The molecule has 0 unspecified atom stereocenters. The molecule has 0 spiro atoms. The van der Waals surface area contributed by atoms with Gasteiger partial charge >= 0.3 is 0 Å². The number of benzene rings is 1. The molecule has 0 saturated carbocycles. The molecule has 0 radical (unpaired) electrons. The molecule has 7 heteroatoms. The topological polar surface area (TPSA) is 58.6 Å². The number of halogens is 1. The SMILES string of the molecule is COc1cncc(N2CCN(c3ccc(C(C)=O)cc3F)CC2)n1. The average molecular weight is 330 g/mol. The van der Waals surface area contributed by atoms with Crippen LogP contribution in [0.4, 0.5) is 15.9 Å². The second-order valence-corrected chi connectivity index (χ2v) is 5.62. The van der Waals surface area contributed by atoms with Crippen LogP contribution in [-0.2, 0) is 0 Å². The van der Waals surface area contributed by atoms with Crippen LogP contribution < -0.4 is 14.5 Å². The number of hydrogen-bond acceptors (Lipinski definition) is 6. The first-order chi connectivity index (χ1) is 11.6. The first-order valence-electron chi connectivity index (χ1n) is 7.75. The van der Waals surface area contributed by atoms with E-state index in [1.54, 1.807) is 31.6 Å². The van der Waals surface area contributed by atoms with E-state index in [0.717, 1.165) is 5.82 Å². The van der Waals surface area contributed by atoms with Crippen molar-refractivity contribution in [2.24, 2.45) is 0 Å². The lowest BCUT2D eigenvalue weighted by Crippen LogP contribution is -2.47. The summed E-state index contributed by atoms with van der Waals surface area (Å²) in [6, 6.07) is 4.64. The standard InChI is InChI=1S/C17H19FN4O2/c1-12(23)13-3-4-15(14(18)9-13)21-5-7-22(8-6-21)16-10-19-11-17(20-16)24-2/h3-4,9-11H,5-8H2,1-2H3. The number of nitrogens with zero attached hydrogens (tertiary/aromatic N) is 4. The highest BCUT2D eigenvalue weighted by atomic mass is 19.1. The summed E-state index contributed by atoms with van der Waals surface area (Å²) < 4.78 is 19.4. The van der Waals surface area contributed by atoms with Crippen LogP contribution in [0.3, 0.4) is 0 Å². The number of piperazine rings is 1. The fraction of sp³-hybridized carbons (Fsp3) is 0.353. The maximum Gasteiger partial charge on any atom is 0.233 e. The summed E-state index contributed by atoms with van der Waals surface area (Å²) in [6.07, 6.45) is 3.26. The molecule has 1 fully saturated rings. The minimum Gasteiger partial charge on any atom is -0.480 e. The molecule has 1 aliphatic rings. The summed E-state index contributed by atoms with van der Waals surface area (Å²) in [7, 11) is 1.55. The second-order valence-electron chi connectivity index (χ2n) is 5.62. The second kappa shape index (κ2) is 6.82. The molecule has 0 amide bonds. The predicted molar refractivity (Wildman–Crippen MR) is 89.4 cm³/mol. The third-order valence-electron chi connectivity index (χ3n) is 4.11. The Morgan fingerprint density at radius 2 is 1.88 bits per heavy atom. The summed E-state index contributed by atoms with van der Waals surface area (Å²) in [4.78, 5) is 23.9. The maximum absolute atomic E-state index is 14.3. The lowest BCUT2D eigenvalue weighted by atomic mass is 10.1. The smallest absolute Gasteiger partial charge is 0.233 e. The van der Waals surface area contributed by atoms with Gasteiger partial charge in [-0.2, -0.15) is 4.98 Å². The molecular weight excluding hydrogens is 311 g/mol. The van der Waals surface area contributed by atoms with Crippen LogP contribution in [0.25, 0.3) is 0 Å². The van der Waals surface area contributed by atoms with Gasteiger partial charge in [-0.1, -0.05) is 0 Å². The minimum absolute atomic E-state index is 0.137. The van der Waals surface area contributed by atoms with Gasteiger partial charge in [0.05, 0.1) is 25.2 Å². The van der Waals surface area contributed by atoms with Crippen molar-refractivity contribution in [1.82, 2.24) is 9.97 Å². The number of carbonyl (C=O) groups is 1. The Labute approximate surface area is 139 Å². The summed E-state index contributed by atoms with van der Waals surface area (Å²) in [5.41, 5.74) is 0.915. The van der Waals surface area contributed by atoms with E-state index in [-0.39, 0.29) is 11.6 Å². The molecule has 0 atom stereocenters. The maximum atomic E-state index is 14.3. The first-order valence-corrected chi connectivity index (χ1v) is 7.75. The number of aromatic nitrogens is 2. The molecule has 1 saturated heterocycles. The van der Waals surface area contributed by atoms with Gasteiger partial charge in [0.25, 0.3) is 0 Å². The molecule has 0 aliphatic carbocycles. The average Bonchev–Trinajstić information content (AvgIpc) is 2.62. The molecular formula is C17H19FN4O2. The summed E-state index contributed by atoms with van der Waals surface area (Å²) in [5.74, 6) is 0.724. The summed E-state index contributed by atoms with van der Waals surface area (Å²) in [5, 5.41) is 0. The third-order valence-corrected chi connectivity index (χ3v) is 4.11. The van der Waals surface area contributed by atoms with Crippen LogP contribution in [0.15, 0.2) is 30.6 Å². The van der Waals surface area contributed by atoms with E-state index >= 15 is 0 Å². The molecule has 1 aromatic heterocycles. The molecule has 6 nitrogen and oxygen atoms in total. The normalized spacial score (nSPS) is 14.6. The molecule has 2 heterocycles. The van der Waals surface area contributed by atoms with Crippen LogP contribution >= 0.6 is 0 Å². The van der Waals surface area contributed by atoms with Gasteiger partial charge in [-0.25, -0.2) is 4.39 Å². The van der Waals surface area contributed by atoms with Gasteiger partial charge in [0, 0.05) is 31.7 Å². The van der Waals surface area contributed by atoms with Crippen molar-refractivity contribution in [2.75, 3.05) is 43.1 Å². The monoisotopic (exact) mass is 330 g/mol. The largest absolute Gasteiger partial charge is 0.480 e. The number of ketones is 1. The van der Waals surface area contributed by atoms with Crippen molar-refractivity contribution in [2.45, 2.75) is 6.92 Å². The Morgan fingerprint density at radius 3 is 2.50 bits per heavy atom. The molecule has 1 aromatic carbocycles. The van der Waals surface area contributed by atoms with Gasteiger partial charge in [-0.05, 0) is 25.1 Å². The van der Waals surface area contributed by atoms with E-state index in [2.05, 4.69) is 14.9 Å². The minimum atomic E-state index is -0.364. The lowest BCUT2D eigenvalue weighted by molar-refractivity contribution is 0.101. The van der Waals surface area contributed by atoms with Gasteiger partial charge in [-0.3, -0.25) is 9.78 Å². The third kappa shape index (κ3) is 3.29. The number of hydrogen-bond donors (Lipinski definition) is 0. The van der Waals surface area contributed by atoms with Crippen LogP contribution in [0, 0.1) is 5.82 Å². The Morgan fingerprint density at radius 1 is 1.17 bits per heavy atom. The Bertz CT molecular complexity index is 745. The van der Waals surface area contributed by atoms with Crippen molar-refractivity contribution in [3.8, 4) is 5.88 Å². The Balaban J connectivity index is 1.69. The van der Waals surface area contributed by atoms with Crippen molar-refractivity contribution in [3.63, 3.8) is 0 Å². The number of carbonyl (C=O) groups excluding carboxylic acids is 1. The Kier molecular flexibility index (Phi) is 4.59. The highest BCUT2D eigenvalue weighted by molar-refractivity contribution is 5.94. The molecule has 0 N–H and O–H groups in total. The van der Waals surface area contributed by atoms with Crippen LogP contribution in [0.1, 0.15) is 17.3 Å². The van der Waals surface area contributed by atoms with E-state index in [9.17, 15) is 9.18 Å². The quantitative estimate of drug-likeness (QED) is 0.801. The van der Waals surface area contributed by atoms with Gasteiger partial charge in [0.1, 0.15) is 5.82 Å². The Hall–Kier alpha value is -2.70. The number of methoxy groups -OCH3 is 1. The molecule has 1 aliphatic heterocycles. The number of anilines is 2. The fourth-order valence-electron chi connectivity index (χ4n) is 2.75. The number of Topliss-reactive ketones (excluding diaryl/α,β-unsaturated/α-hetero) is 1. The van der Waals surface area contributed by atoms with E-state index in [1.165, 1.54) is 13.0 Å².